The molecule has 1 aromatic carbocycles. The molecule has 0 radical (unpaired) electrons. The van der Waals surface area contributed by atoms with Crippen molar-refractivity contribution < 1.29 is 5.11 Å². The maximum atomic E-state index is 10.7. The lowest BCUT2D eigenvalue weighted by Gasteiger charge is -2.60. The summed E-state index contributed by atoms with van der Waals surface area (Å²) in [6.07, 6.45) is 8.64. The summed E-state index contributed by atoms with van der Waals surface area (Å²) >= 11 is 0. The van der Waals surface area contributed by atoms with Crippen LogP contribution in [0.1, 0.15) is 37.3 Å². The Kier molecular flexibility index (Phi) is 1.96. The summed E-state index contributed by atoms with van der Waals surface area (Å²) in [7, 11) is 0. The van der Waals surface area contributed by atoms with Gasteiger partial charge in [-0.3, -0.25) is 0 Å². The van der Waals surface area contributed by atoms with E-state index in [-0.39, 0.29) is 17.6 Å². The number of benzene rings is 1. The van der Waals surface area contributed by atoms with Crippen LogP contribution in [-0.4, -0.2) is 20.8 Å². The van der Waals surface area contributed by atoms with Crippen LogP contribution in [-0.2, 0) is 0 Å². The summed E-state index contributed by atoms with van der Waals surface area (Å²) in [4.78, 5) is 4.31. The van der Waals surface area contributed by atoms with Gasteiger partial charge in [0, 0.05) is 11.5 Å². The molecule has 1 aliphatic heterocycles. The molecule has 20 heavy (non-hydrogen) atoms. The van der Waals surface area contributed by atoms with E-state index in [1.165, 1.54) is 42.5 Å². The van der Waals surface area contributed by atoms with Gasteiger partial charge in [-0.15, -0.1) is 0 Å². The second-order valence-electron chi connectivity index (χ2n) is 6.75. The largest absolute Gasteiger partial charge is 0.392 e. The van der Waals surface area contributed by atoms with E-state index in [1.807, 2.05) is 12.5 Å². The topological polar surface area (TPSA) is 38.1 Å². The van der Waals surface area contributed by atoms with Crippen LogP contribution < -0.4 is 0 Å². The second kappa shape index (κ2) is 3.53. The molecule has 3 heteroatoms. The molecule has 2 aromatic rings. The molecule has 2 fully saturated rings. The number of hydrogen-bond donors (Lipinski definition) is 1. The average Bonchev–Trinajstić information content (AvgIpc) is 2.98. The van der Waals surface area contributed by atoms with Crippen LogP contribution in [0.25, 0.3) is 11.3 Å². The molecule has 3 atom stereocenters. The van der Waals surface area contributed by atoms with Gasteiger partial charge in [0.25, 0.3) is 0 Å². The van der Waals surface area contributed by atoms with Crippen LogP contribution >= 0.6 is 0 Å². The third-order valence-corrected chi connectivity index (χ3v) is 5.95. The van der Waals surface area contributed by atoms with Crippen LogP contribution in [0.15, 0.2) is 36.8 Å². The van der Waals surface area contributed by atoms with Gasteiger partial charge in [0.1, 0.15) is 0 Å². The van der Waals surface area contributed by atoms with Crippen molar-refractivity contribution in [2.45, 2.75) is 37.8 Å². The summed E-state index contributed by atoms with van der Waals surface area (Å²) < 4.78 is 2.27. The van der Waals surface area contributed by atoms with Gasteiger partial charge in [-0.1, -0.05) is 30.7 Å². The Morgan fingerprint density at radius 3 is 2.85 bits per heavy atom. The summed E-state index contributed by atoms with van der Waals surface area (Å²) in [5, 5.41) is 10.7. The first-order valence-electron chi connectivity index (χ1n) is 7.59. The zero-order valence-electron chi connectivity index (χ0n) is 11.4. The number of hydrogen-bond acceptors (Lipinski definition) is 2. The van der Waals surface area contributed by atoms with Gasteiger partial charge in [0.2, 0.25) is 0 Å². The predicted octanol–water partition coefficient (Wildman–Crippen LogP) is 3.00. The molecule has 0 saturated heterocycles. The maximum absolute atomic E-state index is 10.7. The molecule has 0 unspecified atom stereocenters. The Balaban J connectivity index is 1.59. The second-order valence-corrected chi connectivity index (χ2v) is 6.75. The van der Waals surface area contributed by atoms with E-state index in [2.05, 4.69) is 33.8 Å². The van der Waals surface area contributed by atoms with E-state index < -0.39 is 0 Å². The fourth-order valence-electron chi connectivity index (χ4n) is 4.72. The van der Waals surface area contributed by atoms with Crippen LogP contribution in [0.2, 0.25) is 0 Å². The van der Waals surface area contributed by atoms with Crippen molar-refractivity contribution in [2.24, 2.45) is 11.3 Å². The quantitative estimate of drug-likeness (QED) is 0.861. The van der Waals surface area contributed by atoms with Crippen molar-refractivity contribution in [3.8, 4) is 11.3 Å². The third-order valence-electron chi connectivity index (χ3n) is 5.95. The maximum Gasteiger partial charge on any atom is 0.0956 e. The third kappa shape index (κ3) is 1.14. The van der Waals surface area contributed by atoms with Gasteiger partial charge >= 0.3 is 0 Å². The van der Waals surface area contributed by atoms with Crippen LogP contribution in [0.4, 0.5) is 0 Å². The van der Waals surface area contributed by atoms with Crippen molar-refractivity contribution in [1.29, 1.82) is 0 Å². The highest BCUT2D eigenvalue weighted by atomic mass is 16.3. The Bertz CT molecular complexity index is 686. The van der Waals surface area contributed by atoms with E-state index in [1.54, 1.807) is 0 Å². The van der Waals surface area contributed by atoms with Gasteiger partial charge in [-0.25, -0.2) is 4.98 Å². The Labute approximate surface area is 118 Å². The molecule has 0 amide bonds. The van der Waals surface area contributed by atoms with Gasteiger partial charge in [-0.05, 0) is 30.2 Å². The van der Waals surface area contributed by atoms with Crippen LogP contribution in [0.5, 0.6) is 0 Å². The summed E-state index contributed by atoms with van der Waals surface area (Å²) in [6.45, 7) is 0. The molecule has 2 heterocycles. The molecule has 3 aliphatic rings. The zero-order valence-corrected chi connectivity index (χ0v) is 11.4. The molecule has 1 N–H and O–H groups in total. The molecule has 2 saturated carbocycles. The fraction of sp³-hybridized carbons (Fsp3) is 0.471. The van der Waals surface area contributed by atoms with E-state index in [9.17, 15) is 5.11 Å². The summed E-state index contributed by atoms with van der Waals surface area (Å²) in [6, 6.07) is 8.86. The molecular formula is C17H18N2O. The van der Waals surface area contributed by atoms with E-state index >= 15 is 0 Å². The Morgan fingerprint density at radius 2 is 2.10 bits per heavy atom. The van der Waals surface area contributed by atoms with Gasteiger partial charge < -0.3 is 9.67 Å². The Morgan fingerprint density at radius 1 is 1.25 bits per heavy atom. The summed E-state index contributed by atoms with van der Waals surface area (Å²) in [5.41, 5.74) is 4.12. The smallest absolute Gasteiger partial charge is 0.0956 e. The minimum Gasteiger partial charge on any atom is -0.392 e. The first kappa shape index (κ1) is 11.1. The van der Waals surface area contributed by atoms with Crippen molar-refractivity contribution in [3.05, 3.63) is 42.4 Å². The average molecular weight is 266 g/mol. The SMILES string of the molecule is O[C@H]1[C@@H]([C@H]2c3ccccc3-c3cncn32)CC12CCC2. The molecule has 0 bridgehead atoms. The van der Waals surface area contributed by atoms with Crippen LogP contribution in [0.3, 0.4) is 0 Å². The molecule has 5 rings (SSSR count). The highest BCUT2D eigenvalue weighted by Crippen LogP contribution is 2.63. The lowest BCUT2D eigenvalue weighted by atomic mass is 9.48. The normalized spacial score (nSPS) is 32.4. The zero-order chi connectivity index (χ0) is 13.3. The predicted molar refractivity (Wildman–Crippen MR) is 76.2 cm³/mol. The van der Waals surface area contributed by atoms with E-state index in [4.69, 9.17) is 0 Å². The molecule has 102 valence electrons. The van der Waals surface area contributed by atoms with Crippen molar-refractivity contribution in [1.82, 2.24) is 9.55 Å². The lowest BCUT2D eigenvalue weighted by Crippen LogP contribution is -2.58. The highest BCUT2D eigenvalue weighted by molar-refractivity contribution is 5.69. The van der Waals surface area contributed by atoms with Gasteiger partial charge in [0.05, 0.1) is 30.4 Å². The summed E-state index contributed by atoms with van der Waals surface area (Å²) in [5.74, 6) is 0.354. The number of imidazole rings is 1. The number of aromatic nitrogens is 2. The number of aliphatic hydroxyl groups excluding tert-OH is 1. The first-order valence-corrected chi connectivity index (χ1v) is 7.59. The minimum atomic E-state index is -0.136. The van der Waals surface area contributed by atoms with Crippen molar-refractivity contribution in [2.75, 3.05) is 0 Å². The Hall–Kier alpha value is -1.61. The fourth-order valence-corrected chi connectivity index (χ4v) is 4.72. The standard InChI is InChI=1S/C17H18N2O/c20-16-13(8-17(16)6-3-7-17)15-12-5-2-1-4-11(12)14-9-18-10-19(14)15/h1-2,4-5,9-10,13,15-16,20H,3,6-8H2/t13-,15-,16+/m1/s1. The first-order chi connectivity index (χ1) is 9.80. The monoisotopic (exact) mass is 266 g/mol. The lowest BCUT2D eigenvalue weighted by molar-refractivity contribution is -0.173. The minimum absolute atomic E-state index is 0.136. The van der Waals surface area contributed by atoms with Crippen LogP contribution in [0, 0.1) is 11.3 Å². The van der Waals surface area contributed by atoms with Crippen molar-refractivity contribution in [3.63, 3.8) is 0 Å². The molecule has 3 nitrogen and oxygen atoms in total. The molecule has 1 aromatic heterocycles. The molecule has 1 spiro atoms. The number of aliphatic hydroxyl groups is 1. The number of nitrogens with zero attached hydrogens (tertiary/aromatic N) is 2. The van der Waals surface area contributed by atoms with Gasteiger partial charge in [-0.2, -0.15) is 0 Å². The molecular weight excluding hydrogens is 248 g/mol. The number of fused-ring (bicyclic) bond motifs is 3. The highest BCUT2D eigenvalue weighted by Gasteiger charge is 2.59. The van der Waals surface area contributed by atoms with E-state index in [0.717, 1.165) is 0 Å². The molecule has 2 aliphatic carbocycles. The van der Waals surface area contributed by atoms with Crippen molar-refractivity contribution >= 4 is 0 Å². The van der Waals surface area contributed by atoms with E-state index in [0.29, 0.717) is 5.92 Å². The van der Waals surface area contributed by atoms with Gasteiger partial charge in [0.15, 0.2) is 0 Å². The number of rotatable bonds is 1.